The summed E-state index contributed by atoms with van der Waals surface area (Å²) in [4.78, 5) is 4.73. The molecule has 114 valence electrons. The number of rotatable bonds is 10. The van der Waals surface area contributed by atoms with Crippen LogP contribution in [0.1, 0.15) is 19.4 Å². The predicted molar refractivity (Wildman–Crippen MR) is 88.4 cm³/mol. The number of nitrogens with one attached hydrogen (secondary N) is 1. The fourth-order valence-corrected chi connectivity index (χ4v) is 2.36. The molecular weight excluding hydrogens is 270 g/mol. The Bertz CT molecular complexity index is 366. The first-order chi connectivity index (χ1) is 9.67. The van der Waals surface area contributed by atoms with Gasteiger partial charge in [-0.25, -0.2) is 0 Å². The van der Waals surface area contributed by atoms with Crippen LogP contribution in [0.5, 0.6) is 0 Å². The molecule has 0 aromatic heterocycles. The van der Waals surface area contributed by atoms with E-state index in [1.807, 2.05) is 18.2 Å². The summed E-state index contributed by atoms with van der Waals surface area (Å²) in [6.07, 6.45) is 0. The van der Waals surface area contributed by atoms with E-state index in [4.69, 9.17) is 11.6 Å². The Morgan fingerprint density at radius 3 is 2.35 bits per heavy atom. The second-order valence-corrected chi connectivity index (χ2v) is 5.51. The summed E-state index contributed by atoms with van der Waals surface area (Å²) >= 11 is 6.17. The summed E-state index contributed by atoms with van der Waals surface area (Å²) in [6.45, 7) is 11.8. The number of likely N-dealkylation sites (N-methyl/N-ethyl adjacent to an activating group) is 2. The second kappa shape index (κ2) is 10.2. The maximum absolute atomic E-state index is 6.17. The van der Waals surface area contributed by atoms with Gasteiger partial charge in [0.2, 0.25) is 0 Å². The minimum atomic E-state index is 0.855. The zero-order valence-electron chi connectivity index (χ0n) is 13.0. The van der Waals surface area contributed by atoms with Gasteiger partial charge in [-0.15, -0.1) is 0 Å². The van der Waals surface area contributed by atoms with E-state index in [2.05, 4.69) is 42.1 Å². The van der Waals surface area contributed by atoms with Crippen LogP contribution in [0.15, 0.2) is 24.3 Å². The zero-order chi connectivity index (χ0) is 14.8. The van der Waals surface area contributed by atoms with E-state index in [1.54, 1.807) is 0 Å². The van der Waals surface area contributed by atoms with E-state index in [-0.39, 0.29) is 0 Å². The first kappa shape index (κ1) is 17.4. The molecule has 0 heterocycles. The SMILES string of the molecule is CCN(CC)CCNCCN(C)Cc1ccccc1Cl. The number of halogens is 1. The molecule has 0 aliphatic carbocycles. The molecular formula is C16H28ClN3. The van der Waals surface area contributed by atoms with Crippen LogP contribution in [0.4, 0.5) is 0 Å². The quantitative estimate of drug-likeness (QED) is 0.670. The summed E-state index contributed by atoms with van der Waals surface area (Å²) < 4.78 is 0. The first-order valence-electron chi connectivity index (χ1n) is 7.52. The fourth-order valence-electron chi connectivity index (χ4n) is 2.17. The van der Waals surface area contributed by atoms with E-state index in [0.29, 0.717) is 0 Å². The Morgan fingerprint density at radius 1 is 1.05 bits per heavy atom. The van der Waals surface area contributed by atoms with Gasteiger partial charge in [0.15, 0.2) is 0 Å². The van der Waals surface area contributed by atoms with Gasteiger partial charge in [-0.2, -0.15) is 0 Å². The van der Waals surface area contributed by atoms with Crippen LogP contribution in [0, 0.1) is 0 Å². The maximum atomic E-state index is 6.17. The molecule has 0 amide bonds. The molecule has 0 radical (unpaired) electrons. The van der Waals surface area contributed by atoms with Crippen LogP contribution in [0.2, 0.25) is 5.02 Å². The summed E-state index contributed by atoms with van der Waals surface area (Å²) in [7, 11) is 2.13. The van der Waals surface area contributed by atoms with Crippen LogP contribution in [0.25, 0.3) is 0 Å². The van der Waals surface area contributed by atoms with E-state index >= 15 is 0 Å². The van der Waals surface area contributed by atoms with Gasteiger partial charge >= 0.3 is 0 Å². The Hall–Kier alpha value is -0.610. The van der Waals surface area contributed by atoms with Crippen molar-refractivity contribution in [2.45, 2.75) is 20.4 Å². The lowest BCUT2D eigenvalue weighted by Gasteiger charge is -2.20. The molecule has 0 aliphatic rings. The molecule has 4 heteroatoms. The Kier molecular flexibility index (Phi) is 8.86. The van der Waals surface area contributed by atoms with Crippen molar-refractivity contribution in [2.24, 2.45) is 0 Å². The number of hydrogen-bond acceptors (Lipinski definition) is 3. The molecule has 1 N–H and O–H groups in total. The van der Waals surface area contributed by atoms with Crippen LogP contribution >= 0.6 is 11.6 Å². The van der Waals surface area contributed by atoms with Gasteiger partial charge in [-0.3, -0.25) is 0 Å². The van der Waals surface area contributed by atoms with Crippen LogP contribution in [-0.4, -0.2) is 56.1 Å². The zero-order valence-corrected chi connectivity index (χ0v) is 13.8. The number of nitrogens with zero attached hydrogens (tertiary/aromatic N) is 2. The molecule has 1 aromatic rings. The fraction of sp³-hybridized carbons (Fsp3) is 0.625. The summed E-state index contributed by atoms with van der Waals surface area (Å²) in [6, 6.07) is 8.05. The molecule has 0 bridgehead atoms. The third-order valence-corrected chi connectivity index (χ3v) is 3.94. The van der Waals surface area contributed by atoms with Crippen molar-refractivity contribution in [2.75, 3.05) is 46.3 Å². The van der Waals surface area contributed by atoms with Crippen LogP contribution in [-0.2, 0) is 6.54 Å². The van der Waals surface area contributed by atoms with Gasteiger partial charge in [0.25, 0.3) is 0 Å². The number of hydrogen-bond donors (Lipinski definition) is 1. The molecule has 1 rings (SSSR count). The van der Waals surface area contributed by atoms with E-state index in [9.17, 15) is 0 Å². The highest BCUT2D eigenvalue weighted by molar-refractivity contribution is 6.31. The summed E-state index contributed by atoms with van der Waals surface area (Å²) in [5.41, 5.74) is 1.19. The van der Waals surface area contributed by atoms with Gasteiger partial charge in [0.1, 0.15) is 0 Å². The standard InChI is InChI=1S/C16H28ClN3/c1-4-20(5-2)13-11-18-10-12-19(3)14-15-8-6-7-9-16(15)17/h6-9,18H,4-5,10-14H2,1-3H3. The lowest BCUT2D eigenvalue weighted by molar-refractivity contribution is 0.291. The van der Waals surface area contributed by atoms with Crippen LogP contribution in [0.3, 0.4) is 0 Å². The highest BCUT2D eigenvalue weighted by Gasteiger charge is 2.03. The van der Waals surface area contributed by atoms with Crippen molar-refractivity contribution in [1.29, 1.82) is 0 Å². The molecule has 0 saturated carbocycles. The van der Waals surface area contributed by atoms with Crippen molar-refractivity contribution >= 4 is 11.6 Å². The van der Waals surface area contributed by atoms with Crippen molar-refractivity contribution in [3.8, 4) is 0 Å². The topological polar surface area (TPSA) is 18.5 Å². The number of benzene rings is 1. The van der Waals surface area contributed by atoms with Crippen LogP contribution < -0.4 is 5.32 Å². The Morgan fingerprint density at radius 2 is 1.70 bits per heavy atom. The minimum absolute atomic E-state index is 0.855. The molecule has 0 saturated heterocycles. The highest BCUT2D eigenvalue weighted by atomic mass is 35.5. The molecule has 1 aromatic carbocycles. The molecule has 0 atom stereocenters. The van der Waals surface area contributed by atoms with Crippen molar-refractivity contribution in [3.63, 3.8) is 0 Å². The van der Waals surface area contributed by atoms with Gasteiger partial charge in [0, 0.05) is 37.7 Å². The monoisotopic (exact) mass is 297 g/mol. The van der Waals surface area contributed by atoms with Gasteiger partial charge < -0.3 is 15.1 Å². The first-order valence-corrected chi connectivity index (χ1v) is 7.90. The lowest BCUT2D eigenvalue weighted by atomic mass is 10.2. The lowest BCUT2D eigenvalue weighted by Crippen LogP contribution is -2.35. The Labute approximate surface area is 128 Å². The molecule has 0 unspecified atom stereocenters. The molecule has 20 heavy (non-hydrogen) atoms. The Balaban J connectivity index is 2.14. The molecule has 0 spiro atoms. The maximum Gasteiger partial charge on any atom is 0.0451 e. The highest BCUT2D eigenvalue weighted by Crippen LogP contribution is 2.15. The molecule has 3 nitrogen and oxygen atoms in total. The summed E-state index contributed by atoms with van der Waals surface area (Å²) in [5, 5.41) is 4.35. The van der Waals surface area contributed by atoms with E-state index in [0.717, 1.165) is 50.8 Å². The normalized spacial score (nSPS) is 11.5. The van der Waals surface area contributed by atoms with Crippen molar-refractivity contribution in [1.82, 2.24) is 15.1 Å². The predicted octanol–water partition coefficient (Wildman–Crippen LogP) is 2.70. The minimum Gasteiger partial charge on any atom is -0.314 e. The third-order valence-electron chi connectivity index (χ3n) is 3.57. The van der Waals surface area contributed by atoms with E-state index in [1.165, 1.54) is 5.56 Å². The van der Waals surface area contributed by atoms with Gasteiger partial charge in [0.05, 0.1) is 0 Å². The third kappa shape index (κ3) is 6.71. The average molecular weight is 298 g/mol. The van der Waals surface area contributed by atoms with Gasteiger partial charge in [-0.05, 0) is 31.8 Å². The molecule has 0 aliphatic heterocycles. The van der Waals surface area contributed by atoms with Gasteiger partial charge in [-0.1, -0.05) is 43.6 Å². The molecule has 0 fully saturated rings. The van der Waals surface area contributed by atoms with Crippen molar-refractivity contribution in [3.05, 3.63) is 34.9 Å². The smallest absolute Gasteiger partial charge is 0.0451 e. The second-order valence-electron chi connectivity index (χ2n) is 5.11. The largest absolute Gasteiger partial charge is 0.314 e. The average Bonchev–Trinajstić information content (AvgIpc) is 2.45. The summed E-state index contributed by atoms with van der Waals surface area (Å²) in [5.74, 6) is 0. The van der Waals surface area contributed by atoms with E-state index < -0.39 is 0 Å². The van der Waals surface area contributed by atoms with Crippen molar-refractivity contribution < 1.29 is 0 Å².